The molecule has 0 radical (unpaired) electrons. The van der Waals surface area contributed by atoms with Crippen molar-refractivity contribution in [3.05, 3.63) is 66.2 Å². The van der Waals surface area contributed by atoms with Crippen LogP contribution in [0.3, 0.4) is 0 Å². The number of ether oxygens (including phenoxy) is 1. The monoisotopic (exact) mass is 377 g/mol. The van der Waals surface area contributed by atoms with Crippen LogP contribution in [0.15, 0.2) is 54.9 Å². The molecule has 1 amide bonds. The Hall–Kier alpha value is -3.35. The summed E-state index contributed by atoms with van der Waals surface area (Å²) in [5.41, 5.74) is 0.603. The average molecular weight is 377 g/mol. The number of nitrogens with zero attached hydrogens (tertiary/aromatic N) is 5. The second-order valence-electron chi connectivity index (χ2n) is 6.70. The van der Waals surface area contributed by atoms with E-state index in [0.29, 0.717) is 24.4 Å². The minimum atomic E-state index is 0.00370. The highest BCUT2D eigenvalue weighted by Crippen LogP contribution is 2.22. The maximum Gasteiger partial charge on any atom is 0.257 e. The molecule has 0 unspecified atom stereocenters. The van der Waals surface area contributed by atoms with Crippen molar-refractivity contribution in [3.63, 3.8) is 0 Å². The fourth-order valence-electron chi connectivity index (χ4n) is 3.45. The summed E-state index contributed by atoms with van der Waals surface area (Å²) in [7, 11) is 1.59. The number of piperazine rings is 1. The fraction of sp³-hybridized carbons (Fsp3) is 0.286. The van der Waals surface area contributed by atoms with Gasteiger partial charge in [0, 0.05) is 44.6 Å². The number of aryl methyl sites for hydroxylation is 1. The molecule has 0 aliphatic carbocycles. The van der Waals surface area contributed by atoms with Crippen LogP contribution < -0.4 is 9.64 Å². The summed E-state index contributed by atoms with van der Waals surface area (Å²) in [6.45, 7) is 4.63. The lowest BCUT2D eigenvalue weighted by molar-refractivity contribution is 0.0743. The molecule has 2 aromatic heterocycles. The van der Waals surface area contributed by atoms with Gasteiger partial charge in [-0.1, -0.05) is 12.1 Å². The summed E-state index contributed by atoms with van der Waals surface area (Å²) in [5.74, 6) is 3.08. The van der Waals surface area contributed by atoms with Gasteiger partial charge in [0.05, 0.1) is 12.7 Å². The molecule has 0 spiro atoms. The molecule has 4 rings (SSSR count). The van der Waals surface area contributed by atoms with Crippen molar-refractivity contribution in [2.75, 3.05) is 38.2 Å². The minimum absolute atomic E-state index is 0.00370. The summed E-state index contributed by atoms with van der Waals surface area (Å²) < 4.78 is 7.30. The van der Waals surface area contributed by atoms with Crippen LogP contribution in [-0.4, -0.2) is 58.6 Å². The smallest absolute Gasteiger partial charge is 0.257 e. The predicted molar refractivity (Wildman–Crippen MR) is 107 cm³/mol. The first-order chi connectivity index (χ1) is 13.7. The van der Waals surface area contributed by atoms with Gasteiger partial charge in [0.1, 0.15) is 23.2 Å². The Morgan fingerprint density at radius 3 is 2.36 bits per heavy atom. The van der Waals surface area contributed by atoms with E-state index in [1.54, 1.807) is 7.11 Å². The summed E-state index contributed by atoms with van der Waals surface area (Å²) in [6, 6.07) is 13.3. The molecule has 1 fully saturated rings. The molecule has 7 nitrogen and oxygen atoms in total. The quantitative estimate of drug-likeness (QED) is 0.699. The number of rotatable bonds is 4. The first kappa shape index (κ1) is 18.0. The van der Waals surface area contributed by atoms with Crippen LogP contribution in [0.25, 0.3) is 5.82 Å². The Morgan fingerprint density at radius 1 is 0.964 bits per heavy atom. The maximum absolute atomic E-state index is 12.9. The molecule has 1 saturated heterocycles. The van der Waals surface area contributed by atoms with Crippen LogP contribution in [0.2, 0.25) is 0 Å². The lowest BCUT2D eigenvalue weighted by Gasteiger charge is -2.35. The molecule has 3 aromatic rings. The van der Waals surface area contributed by atoms with E-state index in [2.05, 4.69) is 14.9 Å². The van der Waals surface area contributed by atoms with Crippen LogP contribution in [0, 0.1) is 6.92 Å². The van der Waals surface area contributed by atoms with Crippen molar-refractivity contribution in [3.8, 4) is 11.6 Å². The Kier molecular flexibility index (Phi) is 4.97. The zero-order chi connectivity index (χ0) is 19.5. The van der Waals surface area contributed by atoms with Gasteiger partial charge in [0.15, 0.2) is 0 Å². The highest BCUT2D eigenvalue weighted by molar-refractivity contribution is 5.97. The third-order valence-corrected chi connectivity index (χ3v) is 4.91. The summed E-state index contributed by atoms with van der Waals surface area (Å²) >= 11 is 0. The molecule has 1 aliphatic rings. The van der Waals surface area contributed by atoms with Crippen LogP contribution in [0.4, 0.5) is 5.82 Å². The van der Waals surface area contributed by atoms with E-state index in [9.17, 15) is 4.79 Å². The van der Waals surface area contributed by atoms with E-state index in [1.165, 1.54) is 0 Å². The van der Waals surface area contributed by atoms with E-state index in [-0.39, 0.29) is 5.91 Å². The molecule has 144 valence electrons. The first-order valence-corrected chi connectivity index (χ1v) is 9.32. The topological polar surface area (TPSA) is 63.5 Å². The van der Waals surface area contributed by atoms with Crippen molar-refractivity contribution < 1.29 is 9.53 Å². The fourth-order valence-corrected chi connectivity index (χ4v) is 3.45. The molecule has 0 atom stereocenters. The zero-order valence-corrected chi connectivity index (χ0v) is 16.1. The van der Waals surface area contributed by atoms with Gasteiger partial charge < -0.3 is 19.1 Å². The van der Waals surface area contributed by atoms with E-state index >= 15 is 0 Å². The molecule has 7 heteroatoms. The molecular formula is C21H23N5O2. The number of benzene rings is 1. The van der Waals surface area contributed by atoms with E-state index < -0.39 is 0 Å². The normalized spacial score (nSPS) is 14.2. The number of anilines is 1. The number of carbonyl (C=O) groups excluding carboxylic acids is 1. The summed E-state index contributed by atoms with van der Waals surface area (Å²) in [4.78, 5) is 26.1. The van der Waals surface area contributed by atoms with Gasteiger partial charge in [-0.15, -0.1) is 0 Å². The summed E-state index contributed by atoms with van der Waals surface area (Å²) in [6.07, 6.45) is 3.94. The highest BCUT2D eigenvalue weighted by atomic mass is 16.5. The Bertz CT molecular complexity index is 963. The minimum Gasteiger partial charge on any atom is -0.496 e. The molecular weight excluding hydrogens is 354 g/mol. The zero-order valence-electron chi connectivity index (χ0n) is 16.1. The lowest BCUT2D eigenvalue weighted by atomic mass is 10.1. The van der Waals surface area contributed by atoms with Crippen molar-refractivity contribution in [1.29, 1.82) is 0 Å². The van der Waals surface area contributed by atoms with Crippen molar-refractivity contribution in [2.45, 2.75) is 6.92 Å². The molecule has 3 heterocycles. The number of carbonyl (C=O) groups is 1. The molecule has 1 aromatic carbocycles. The summed E-state index contributed by atoms with van der Waals surface area (Å²) in [5, 5.41) is 0. The van der Waals surface area contributed by atoms with Crippen molar-refractivity contribution in [2.24, 2.45) is 0 Å². The maximum atomic E-state index is 12.9. The SMILES string of the molecule is COc1ccccc1C(=O)N1CCN(c2cc(-n3cccc3)nc(C)n2)CC1. The van der Waals surface area contributed by atoms with E-state index in [0.717, 1.165) is 30.5 Å². The van der Waals surface area contributed by atoms with Gasteiger partial charge in [0.2, 0.25) is 0 Å². The van der Waals surface area contributed by atoms with E-state index in [4.69, 9.17) is 4.74 Å². The second kappa shape index (κ2) is 7.72. The first-order valence-electron chi connectivity index (χ1n) is 9.32. The van der Waals surface area contributed by atoms with Gasteiger partial charge in [-0.05, 0) is 31.2 Å². The largest absolute Gasteiger partial charge is 0.496 e. The van der Waals surface area contributed by atoms with Gasteiger partial charge in [0.25, 0.3) is 5.91 Å². The molecule has 0 saturated carbocycles. The number of hydrogen-bond acceptors (Lipinski definition) is 5. The van der Waals surface area contributed by atoms with E-state index in [1.807, 2.05) is 71.2 Å². The second-order valence-corrected chi connectivity index (χ2v) is 6.70. The Balaban J connectivity index is 1.48. The van der Waals surface area contributed by atoms with Crippen molar-refractivity contribution in [1.82, 2.24) is 19.4 Å². The lowest BCUT2D eigenvalue weighted by Crippen LogP contribution is -2.49. The molecule has 28 heavy (non-hydrogen) atoms. The van der Waals surface area contributed by atoms with Crippen LogP contribution in [0.1, 0.15) is 16.2 Å². The number of aromatic nitrogens is 3. The molecule has 0 N–H and O–H groups in total. The third-order valence-electron chi connectivity index (χ3n) is 4.91. The Morgan fingerprint density at radius 2 is 1.64 bits per heavy atom. The van der Waals surface area contributed by atoms with Gasteiger partial charge >= 0.3 is 0 Å². The van der Waals surface area contributed by atoms with Crippen LogP contribution in [-0.2, 0) is 0 Å². The molecule has 1 aliphatic heterocycles. The van der Waals surface area contributed by atoms with Crippen LogP contribution in [0.5, 0.6) is 5.75 Å². The van der Waals surface area contributed by atoms with Crippen molar-refractivity contribution >= 4 is 11.7 Å². The average Bonchev–Trinajstić information content (AvgIpc) is 3.28. The van der Waals surface area contributed by atoms with Gasteiger partial charge in [-0.2, -0.15) is 0 Å². The third kappa shape index (κ3) is 3.55. The predicted octanol–water partition coefficient (Wildman–Crippen LogP) is 2.55. The number of hydrogen-bond donors (Lipinski definition) is 0. The van der Waals surface area contributed by atoms with Crippen LogP contribution >= 0.6 is 0 Å². The number of amides is 1. The molecule has 0 bridgehead atoms. The standard InChI is InChI=1S/C21H23N5O2/c1-16-22-19(24-9-5-6-10-24)15-20(23-16)25-11-13-26(14-12-25)21(27)17-7-3-4-8-18(17)28-2/h3-10,15H,11-14H2,1-2H3. The Labute approximate surface area is 164 Å². The van der Waals surface area contributed by atoms with Gasteiger partial charge in [-0.25, -0.2) is 9.97 Å². The highest BCUT2D eigenvalue weighted by Gasteiger charge is 2.25. The number of para-hydroxylation sites is 1. The number of methoxy groups -OCH3 is 1. The van der Waals surface area contributed by atoms with Gasteiger partial charge in [-0.3, -0.25) is 4.79 Å².